The molecule has 226 valence electrons. The number of benzene rings is 1. The standard InChI is InChI=1S/C31H34BrClF2N2O5/c1-17-24(19-15-18(32)9-10-20(19)36-25(17)33)26(38)37-31-13-11-30(12-14-31,27(39)42-29(2,3)4)16-23(31)40-21-7-5-6-8-22(21)41-28(34)35/h5,7,9-10,15,23,28H,6,8,11-14,16H2,1-4H3,(H,37,38). The number of pyridine rings is 1. The molecule has 1 amide bonds. The van der Waals surface area contributed by atoms with Crippen LogP contribution in [0.25, 0.3) is 10.9 Å². The van der Waals surface area contributed by atoms with E-state index >= 15 is 0 Å². The lowest BCUT2D eigenvalue weighted by Crippen LogP contribution is -2.67. The van der Waals surface area contributed by atoms with Gasteiger partial charge in [-0.05, 0) is 89.6 Å². The number of carbonyl (C=O) groups is 2. The minimum Gasteiger partial charge on any atom is -0.484 e. The lowest BCUT2D eigenvalue weighted by molar-refractivity contribution is -0.184. The molecule has 3 fully saturated rings. The zero-order valence-corrected chi connectivity index (χ0v) is 26.3. The summed E-state index contributed by atoms with van der Waals surface area (Å²) in [5, 5.41) is 4.12. The first-order valence-corrected chi connectivity index (χ1v) is 15.2. The molecule has 1 heterocycles. The van der Waals surface area contributed by atoms with Crippen molar-refractivity contribution in [3.8, 4) is 0 Å². The summed E-state index contributed by atoms with van der Waals surface area (Å²) in [4.78, 5) is 32.1. The molecule has 0 saturated heterocycles. The van der Waals surface area contributed by atoms with E-state index in [4.69, 9.17) is 25.8 Å². The molecule has 0 spiro atoms. The van der Waals surface area contributed by atoms with Crippen molar-refractivity contribution in [3.63, 3.8) is 0 Å². The van der Waals surface area contributed by atoms with E-state index in [9.17, 15) is 18.4 Å². The van der Waals surface area contributed by atoms with Crippen molar-refractivity contribution in [3.05, 3.63) is 62.6 Å². The quantitative estimate of drug-likeness (QED) is 0.239. The van der Waals surface area contributed by atoms with Gasteiger partial charge in [0.2, 0.25) is 0 Å². The molecule has 2 aromatic rings. The summed E-state index contributed by atoms with van der Waals surface area (Å²) in [6.07, 6.45) is 5.63. The Balaban J connectivity index is 1.53. The molecule has 11 heteroatoms. The molecule has 7 nitrogen and oxygen atoms in total. The number of esters is 1. The molecular weight excluding hydrogens is 634 g/mol. The minimum absolute atomic E-state index is 0.0503. The van der Waals surface area contributed by atoms with Gasteiger partial charge < -0.3 is 19.5 Å². The second-order valence-corrected chi connectivity index (χ2v) is 13.6. The van der Waals surface area contributed by atoms with Crippen molar-refractivity contribution in [1.82, 2.24) is 10.3 Å². The predicted molar refractivity (Wildman–Crippen MR) is 158 cm³/mol. The third kappa shape index (κ3) is 6.02. The van der Waals surface area contributed by atoms with Gasteiger partial charge in [0.05, 0.1) is 22.0 Å². The second kappa shape index (κ2) is 11.4. The Labute approximate surface area is 257 Å². The van der Waals surface area contributed by atoms with Crippen molar-refractivity contribution >= 4 is 50.3 Å². The Morgan fingerprint density at radius 1 is 1.19 bits per heavy atom. The summed E-state index contributed by atoms with van der Waals surface area (Å²) in [6, 6.07) is 5.44. The highest BCUT2D eigenvalue weighted by Crippen LogP contribution is 2.55. The fraction of sp³-hybridized carbons (Fsp3) is 0.516. The summed E-state index contributed by atoms with van der Waals surface area (Å²) in [6.45, 7) is 4.21. The molecule has 1 unspecified atom stereocenters. The number of hydrogen-bond acceptors (Lipinski definition) is 6. The first-order valence-electron chi connectivity index (χ1n) is 14.0. The number of nitrogens with zero attached hydrogens (tertiary/aromatic N) is 1. The van der Waals surface area contributed by atoms with Gasteiger partial charge in [0.15, 0.2) is 5.76 Å². The van der Waals surface area contributed by atoms with E-state index in [1.54, 1.807) is 19.1 Å². The molecule has 0 radical (unpaired) electrons. The number of aromatic nitrogens is 1. The molecule has 1 aromatic heterocycles. The van der Waals surface area contributed by atoms with Crippen LogP contribution >= 0.6 is 27.5 Å². The molecule has 3 saturated carbocycles. The molecule has 1 aromatic carbocycles. The number of fused-ring (bicyclic) bond motifs is 4. The van der Waals surface area contributed by atoms with E-state index in [0.29, 0.717) is 54.1 Å². The van der Waals surface area contributed by atoms with Gasteiger partial charge >= 0.3 is 12.6 Å². The van der Waals surface area contributed by atoms with Crippen molar-refractivity contribution in [2.75, 3.05) is 0 Å². The maximum Gasteiger partial charge on any atom is 0.387 e. The van der Waals surface area contributed by atoms with Crippen molar-refractivity contribution in [2.45, 2.75) is 96.5 Å². The molecule has 6 rings (SSSR count). The van der Waals surface area contributed by atoms with E-state index in [0.717, 1.165) is 4.47 Å². The van der Waals surface area contributed by atoms with Gasteiger partial charge in [0, 0.05) is 22.7 Å². The number of rotatable bonds is 7. The maximum absolute atomic E-state index is 14.1. The highest BCUT2D eigenvalue weighted by molar-refractivity contribution is 9.10. The molecule has 42 heavy (non-hydrogen) atoms. The number of hydrogen-bond donors (Lipinski definition) is 1. The number of amides is 1. The van der Waals surface area contributed by atoms with Crippen LogP contribution in [0, 0.1) is 12.3 Å². The third-order valence-electron chi connectivity index (χ3n) is 8.43. The number of carbonyl (C=O) groups excluding carboxylic acids is 2. The number of alkyl halides is 2. The fourth-order valence-electron chi connectivity index (χ4n) is 6.27. The second-order valence-electron chi connectivity index (χ2n) is 12.4. The van der Waals surface area contributed by atoms with Crippen molar-refractivity contribution in [1.29, 1.82) is 0 Å². The average Bonchev–Trinajstić information content (AvgIpc) is 2.90. The Kier molecular flexibility index (Phi) is 8.35. The number of allylic oxidation sites excluding steroid dienone is 3. The van der Waals surface area contributed by atoms with E-state index in [1.165, 1.54) is 0 Å². The van der Waals surface area contributed by atoms with Gasteiger partial charge in [0.1, 0.15) is 22.6 Å². The van der Waals surface area contributed by atoms with Crippen LogP contribution in [0.4, 0.5) is 8.78 Å². The first-order chi connectivity index (χ1) is 19.7. The Morgan fingerprint density at radius 3 is 2.57 bits per heavy atom. The van der Waals surface area contributed by atoms with Crippen LogP contribution < -0.4 is 5.32 Å². The van der Waals surface area contributed by atoms with Gasteiger partial charge in [0.25, 0.3) is 5.91 Å². The van der Waals surface area contributed by atoms with Gasteiger partial charge in [-0.25, -0.2) is 4.98 Å². The summed E-state index contributed by atoms with van der Waals surface area (Å²) >= 11 is 9.93. The SMILES string of the molecule is Cc1c(Cl)nc2ccc(Br)cc2c1C(=O)NC12CCC(C(=O)OC(C)(C)C)(CC1)CC2OC1=C(OC(F)F)CCC=C1. The molecule has 0 aliphatic heterocycles. The average molecular weight is 668 g/mol. The number of ether oxygens (including phenoxy) is 3. The largest absolute Gasteiger partial charge is 0.484 e. The smallest absolute Gasteiger partial charge is 0.387 e. The van der Waals surface area contributed by atoms with Gasteiger partial charge in [-0.2, -0.15) is 8.78 Å². The molecule has 4 aliphatic carbocycles. The molecule has 2 bridgehead atoms. The molecule has 4 aliphatic rings. The number of nitrogens with one attached hydrogen (secondary N) is 1. The van der Waals surface area contributed by atoms with Crippen LogP contribution in [0.3, 0.4) is 0 Å². The van der Waals surface area contributed by atoms with E-state index < -0.39 is 29.3 Å². The van der Waals surface area contributed by atoms with Crippen LogP contribution in [0.1, 0.15) is 81.6 Å². The van der Waals surface area contributed by atoms with E-state index in [-0.39, 0.29) is 41.4 Å². The summed E-state index contributed by atoms with van der Waals surface area (Å²) in [5.74, 6) is -0.427. The zero-order chi connectivity index (χ0) is 30.4. The van der Waals surface area contributed by atoms with Gasteiger partial charge in [-0.3, -0.25) is 9.59 Å². The van der Waals surface area contributed by atoms with E-state index in [1.807, 2.05) is 39.0 Å². The summed E-state index contributed by atoms with van der Waals surface area (Å²) in [7, 11) is 0. The molecular formula is C31H34BrClF2N2O5. The lowest BCUT2D eigenvalue weighted by atomic mass is 9.55. The Morgan fingerprint density at radius 2 is 1.90 bits per heavy atom. The van der Waals surface area contributed by atoms with Gasteiger partial charge in [-0.1, -0.05) is 33.6 Å². The Bertz CT molecular complexity index is 1480. The zero-order valence-electron chi connectivity index (χ0n) is 24.0. The number of halogens is 4. The monoisotopic (exact) mass is 666 g/mol. The maximum atomic E-state index is 14.1. The van der Waals surface area contributed by atoms with Crippen LogP contribution in [0.15, 0.2) is 46.3 Å². The molecule has 1 N–H and O–H groups in total. The van der Waals surface area contributed by atoms with E-state index in [2.05, 4.69) is 26.2 Å². The third-order valence-corrected chi connectivity index (χ3v) is 9.29. The predicted octanol–water partition coefficient (Wildman–Crippen LogP) is 7.92. The Hall–Kier alpha value is -2.72. The minimum atomic E-state index is -3.00. The fourth-order valence-corrected chi connectivity index (χ4v) is 6.82. The van der Waals surface area contributed by atoms with Crippen LogP contribution in [-0.4, -0.2) is 40.7 Å². The highest BCUT2D eigenvalue weighted by Gasteiger charge is 2.60. The molecule has 1 atom stereocenters. The van der Waals surface area contributed by atoms with Crippen molar-refractivity contribution in [2.24, 2.45) is 5.41 Å². The summed E-state index contributed by atoms with van der Waals surface area (Å²) in [5.41, 5.74) is -0.869. The normalized spacial score (nSPS) is 25.6. The lowest BCUT2D eigenvalue weighted by Gasteiger charge is -2.56. The topological polar surface area (TPSA) is 86.8 Å². The highest BCUT2D eigenvalue weighted by atomic mass is 79.9. The van der Waals surface area contributed by atoms with Crippen molar-refractivity contribution < 1.29 is 32.6 Å². The first kappa shape index (κ1) is 30.7. The van der Waals surface area contributed by atoms with Crippen LogP contribution in [0.2, 0.25) is 5.15 Å². The van der Waals surface area contributed by atoms with Gasteiger partial charge in [-0.15, -0.1) is 0 Å². The van der Waals surface area contributed by atoms with Crippen LogP contribution in [0.5, 0.6) is 0 Å². The van der Waals surface area contributed by atoms with Crippen LogP contribution in [-0.2, 0) is 19.0 Å². The summed E-state index contributed by atoms with van der Waals surface area (Å²) < 4.78 is 44.3.